The molecule has 0 radical (unpaired) electrons. The molecule has 1 atom stereocenters. The van der Waals surface area contributed by atoms with Gasteiger partial charge < -0.3 is 9.88 Å². The van der Waals surface area contributed by atoms with Gasteiger partial charge in [-0.3, -0.25) is 9.59 Å². The fourth-order valence-electron chi connectivity index (χ4n) is 2.35. The van der Waals surface area contributed by atoms with Gasteiger partial charge in [0.15, 0.2) is 5.16 Å². The van der Waals surface area contributed by atoms with Crippen molar-refractivity contribution >= 4 is 17.7 Å². The van der Waals surface area contributed by atoms with Gasteiger partial charge in [0.25, 0.3) is 5.56 Å². The minimum absolute atomic E-state index is 0.0923. The van der Waals surface area contributed by atoms with E-state index in [1.807, 2.05) is 13.8 Å². The van der Waals surface area contributed by atoms with Crippen LogP contribution in [0.5, 0.6) is 0 Å². The number of benzene rings is 1. The van der Waals surface area contributed by atoms with Crippen LogP contribution in [-0.4, -0.2) is 33.6 Å². The summed E-state index contributed by atoms with van der Waals surface area (Å²) < 4.78 is 13.0. The Balaban J connectivity index is 1.99. The number of hydrogen-bond acceptors (Lipinski definition) is 4. The molecule has 0 spiro atoms. The molecule has 2 aromatic rings. The van der Waals surface area contributed by atoms with E-state index in [4.69, 9.17) is 0 Å². The zero-order chi connectivity index (χ0) is 18.4. The Morgan fingerprint density at radius 2 is 2.04 bits per heavy atom. The molecule has 25 heavy (non-hydrogen) atoms. The zero-order valence-electron chi connectivity index (χ0n) is 14.6. The van der Waals surface area contributed by atoms with Gasteiger partial charge in [-0.2, -0.15) is 0 Å². The highest BCUT2D eigenvalue weighted by Crippen LogP contribution is 2.21. The minimum atomic E-state index is -0.303. The number of hydrogen-bond donors (Lipinski definition) is 1. The SMILES string of the molecule is CCCc1cc(=O)[nH]c(SCC(=O)N(C)C(C)c2ccc(F)cc2)n1. The van der Waals surface area contributed by atoms with Crippen LogP contribution in [0.4, 0.5) is 4.39 Å². The molecule has 0 bridgehead atoms. The highest BCUT2D eigenvalue weighted by atomic mass is 32.2. The van der Waals surface area contributed by atoms with E-state index in [0.717, 1.165) is 24.1 Å². The number of amides is 1. The van der Waals surface area contributed by atoms with E-state index in [1.165, 1.54) is 30.0 Å². The molecular weight excluding hydrogens is 341 g/mol. The molecule has 1 aromatic carbocycles. The number of H-pyrrole nitrogens is 1. The molecule has 0 aliphatic heterocycles. The Bertz CT molecular complexity index is 777. The summed E-state index contributed by atoms with van der Waals surface area (Å²) in [4.78, 5) is 32.7. The first-order valence-electron chi connectivity index (χ1n) is 8.15. The lowest BCUT2D eigenvalue weighted by Gasteiger charge is -2.25. The third-order valence-electron chi connectivity index (χ3n) is 3.94. The first-order valence-corrected chi connectivity index (χ1v) is 9.13. The van der Waals surface area contributed by atoms with Gasteiger partial charge in [-0.1, -0.05) is 37.2 Å². The quantitative estimate of drug-likeness (QED) is 0.606. The molecule has 7 heteroatoms. The van der Waals surface area contributed by atoms with Gasteiger partial charge >= 0.3 is 0 Å². The van der Waals surface area contributed by atoms with Gasteiger partial charge in [-0.05, 0) is 31.0 Å². The van der Waals surface area contributed by atoms with Crippen LogP contribution in [0.3, 0.4) is 0 Å². The summed E-state index contributed by atoms with van der Waals surface area (Å²) in [5.41, 5.74) is 1.38. The van der Waals surface area contributed by atoms with Crippen molar-refractivity contribution in [3.05, 3.63) is 57.8 Å². The van der Waals surface area contributed by atoms with Crippen LogP contribution in [0.2, 0.25) is 0 Å². The van der Waals surface area contributed by atoms with E-state index in [0.29, 0.717) is 5.16 Å². The lowest BCUT2D eigenvalue weighted by Crippen LogP contribution is -2.31. The summed E-state index contributed by atoms with van der Waals surface area (Å²) in [6.07, 6.45) is 1.63. The minimum Gasteiger partial charge on any atom is -0.338 e. The maximum absolute atomic E-state index is 13.0. The van der Waals surface area contributed by atoms with Gasteiger partial charge in [0, 0.05) is 18.8 Å². The first kappa shape index (κ1) is 19.2. The molecular formula is C18H22FN3O2S. The summed E-state index contributed by atoms with van der Waals surface area (Å²) in [5, 5.41) is 0.451. The maximum Gasteiger partial charge on any atom is 0.251 e. The van der Waals surface area contributed by atoms with E-state index < -0.39 is 0 Å². The number of aromatic amines is 1. The fourth-order valence-corrected chi connectivity index (χ4v) is 3.17. The number of carbonyl (C=O) groups excluding carboxylic acids is 1. The normalized spacial score (nSPS) is 12.0. The van der Waals surface area contributed by atoms with Crippen LogP contribution in [0.1, 0.15) is 37.6 Å². The van der Waals surface area contributed by atoms with Crippen LogP contribution in [0.25, 0.3) is 0 Å². The predicted octanol–water partition coefficient (Wildman–Crippen LogP) is 3.17. The molecule has 1 N–H and O–H groups in total. The molecule has 1 unspecified atom stereocenters. The largest absolute Gasteiger partial charge is 0.338 e. The van der Waals surface area contributed by atoms with Gasteiger partial charge in [-0.25, -0.2) is 9.37 Å². The number of nitrogens with one attached hydrogen (secondary N) is 1. The van der Waals surface area contributed by atoms with Crippen LogP contribution < -0.4 is 5.56 Å². The topological polar surface area (TPSA) is 66.1 Å². The van der Waals surface area contributed by atoms with Gasteiger partial charge in [0.1, 0.15) is 5.82 Å². The number of thioether (sulfide) groups is 1. The van der Waals surface area contributed by atoms with Crippen LogP contribution in [0.15, 0.2) is 40.3 Å². The monoisotopic (exact) mass is 363 g/mol. The summed E-state index contributed by atoms with van der Waals surface area (Å²) >= 11 is 1.21. The molecule has 1 heterocycles. The van der Waals surface area contributed by atoms with E-state index in [1.54, 1.807) is 24.1 Å². The van der Waals surface area contributed by atoms with E-state index in [9.17, 15) is 14.0 Å². The molecule has 5 nitrogen and oxygen atoms in total. The number of aromatic nitrogens is 2. The van der Waals surface area contributed by atoms with Gasteiger partial charge in [-0.15, -0.1) is 0 Å². The van der Waals surface area contributed by atoms with E-state index in [2.05, 4.69) is 9.97 Å². The average molecular weight is 363 g/mol. The average Bonchev–Trinajstić information content (AvgIpc) is 2.59. The van der Waals surface area contributed by atoms with Crippen molar-refractivity contribution in [1.29, 1.82) is 0 Å². The van der Waals surface area contributed by atoms with E-state index >= 15 is 0 Å². The van der Waals surface area contributed by atoms with Crippen molar-refractivity contribution in [2.75, 3.05) is 12.8 Å². The highest BCUT2D eigenvalue weighted by molar-refractivity contribution is 7.99. The first-order chi connectivity index (χ1) is 11.9. The molecule has 0 aliphatic rings. The highest BCUT2D eigenvalue weighted by Gasteiger charge is 2.18. The second-order valence-corrected chi connectivity index (χ2v) is 6.78. The van der Waals surface area contributed by atoms with E-state index in [-0.39, 0.29) is 29.1 Å². The smallest absolute Gasteiger partial charge is 0.251 e. The summed E-state index contributed by atoms with van der Waals surface area (Å²) in [6, 6.07) is 7.42. The Kier molecular flexibility index (Phi) is 6.75. The van der Waals surface area contributed by atoms with Crippen molar-refractivity contribution in [3.63, 3.8) is 0 Å². The Morgan fingerprint density at radius 3 is 2.68 bits per heavy atom. The molecule has 0 saturated heterocycles. The number of halogens is 1. The Labute approximate surface area is 150 Å². The maximum atomic E-state index is 13.0. The molecule has 0 fully saturated rings. The lowest BCUT2D eigenvalue weighted by atomic mass is 10.1. The summed E-state index contributed by atoms with van der Waals surface area (Å²) in [7, 11) is 1.71. The molecule has 2 rings (SSSR count). The molecule has 0 aliphatic carbocycles. The number of nitrogens with zero attached hydrogens (tertiary/aromatic N) is 2. The van der Waals surface area contributed by atoms with Crippen molar-refractivity contribution in [2.45, 2.75) is 37.9 Å². The van der Waals surface area contributed by atoms with Crippen molar-refractivity contribution in [2.24, 2.45) is 0 Å². The van der Waals surface area contributed by atoms with Crippen LogP contribution in [0, 0.1) is 5.82 Å². The third-order valence-corrected chi connectivity index (χ3v) is 4.80. The number of aryl methyl sites for hydroxylation is 1. The zero-order valence-corrected chi connectivity index (χ0v) is 15.4. The van der Waals surface area contributed by atoms with Gasteiger partial charge in [0.2, 0.25) is 5.91 Å². The van der Waals surface area contributed by atoms with Crippen molar-refractivity contribution in [1.82, 2.24) is 14.9 Å². The summed E-state index contributed by atoms with van der Waals surface area (Å²) in [5.74, 6) is -0.228. The van der Waals surface area contributed by atoms with Crippen LogP contribution in [-0.2, 0) is 11.2 Å². The van der Waals surface area contributed by atoms with Gasteiger partial charge in [0.05, 0.1) is 11.8 Å². The van der Waals surface area contributed by atoms with Crippen LogP contribution >= 0.6 is 11.8 Å². The third kappa shape index (κ3) is 5.42. The van der Waals surface area contributed by atoms with Crippen molar-refractivity contribution in [3.8, 4) is 0 Å². The predicted molar refractivity (Wildman–Crippen MR) is 97.2 cm³/mol. The Hall–Kier alpha value is -2.15. The number of carbonyl (C=O) groups is 1. The fraction of sp³-hybridized carbons (Fsp3) is 0.389. The molecule has 1 aromatic heterocycles. The second-order valence-electron chi connectivity index (χ2n) is 5.81. The molecule has 1 amide bonds. The Morgan fingerprint density at radius 1 is 1.36 bits per heavy atom. The standard InChI is InChI=1S/C18H22FN3O2S/c1-4-5-15-10-16(23)21-18(20-15)25-11-17(24)22(3)12(2)13-6-8-14(19)9-7-13/h6-10,12H,4-5,11H2,1-3H3,(H,20,21,23). The second kappa shape index (κ2) is 8.80. The van der Waals surface area contributed by atoms with Crippen molar-refractivity contribution < 1.29 is 9.18 Å². The lowest BCUT2D eigenvalue weighted by molar-refractivity contribution is -0.128. The molecule has 134 valence electrons. The molecule has 0 saturated carbocycles. The summed E-state index contributed by atoms with van der Waals surface area (Å²) in [6.45, 7) is 3.91. The number of rotatable bonds is 7.